The number of aliphatic hydroxyl groups is 2. The lowest BCUT2D eigenvalue weighted by Crippen LogP contribution is -2.37. The zero-order valence-corrected chi connectivity index (χ0v) is 22.0. The van der Waals surface area contributed by atoms with Crippen LogP contribution in [0.3, 0.4) is 0 Å². The van der Waals surface area contributed by atoms with Crippen LogP contribution in [0.5, 0.6) is 0 Å². The largest absolute Gasteiger partial charge is 0.358 e. The summed E-state index contributed by atoms with van der Waals surface area (Å²) in [5, 5.41) is 28.3. The third kappa shape index (κ3) is 6.16. The van der Waals surface area contributed by atoms with E-state index >= 15 is 0 Å². The van der Waals surface area contributed by atoms with Gasteiger partial charge in [-0.1, -0.05) is 127 Å². The maximum absolute atomic E-state index is 11.9. The molecule has 0 aromatic heterocycles. The van der Waals surface area contributed by atoms with E-state index in [1.165, 1.54) is 10.6 Å². The van der Waals surface area contributed by atoms with Crippen LogP contribution >= 0.6 is 15.8 Å². The van der Waals surface area contributed by atoms with Crippen molar-refractivity contribution in [3.05, 3.63) is 132 Å². The van der Waals surface area contributed by atoms with Crippen molar-refractivity contribution in [2.24, 2.45) is 0 Å². The van der Waals surface area contributed by atoms with Crippen molar-refractivity contribution in [3.63, 3.8) is 0 Å². The zero-order valence-electron chi connectivity index (χ0n) is 20.3. The summed E-state index contributed by atoms with van der Waals surface area (Å²) in [6, 6.07) is 41.0. The minimum Gasteiger partial charge on any atom is -0.358 e. The molecule has 4 heteroatoms. The summed E-state index contributed by atoms with van der Waals surface area (Å²) >= 11 is 0. The number of allylic oxidation sites excluding steroid dienone is 1. The smallest absolute Gasteiger partial charge is 0.213 e. The predicted octanol–water partition coefficient (Wildman–Crippen LogP) is 5.62. The summed E-state index contributed by atoms with van der Waals surface area (Å²) in [6.45, 7) is 3.99. The molecule has 35 heavy (non-hydrogen) atoms. The highest BCUT2D eigenvalue weighted by Gasteiger charge is 2.40. The summed E-state index contributed by atoms with van der Waals surface area (Å²) in [7, 11) is -2.08. The third-order valence-corrected chi connectivity index (χ3v) is 11.1. The van der Waals surface area contributed by atoms with Gasteiger partial charge in [-0.15, -0.1) is 0 Å². The molecule has 0 saturated heterocycles. The Morgan fingerprint density at radius 1 is 0.571 bits per heavy atom. The van der Waals surface area contributed by atoms with Gasteiger partial charge in [0.15, 0.2) is 0 Å². The van der Waals surface area contributed by atoms with E-state index in [0.717, 1.165) is 27.9 Å². The molecule has 4 rings (SSSR count). The number of benzene rings is 4. The topological polar surface area (TPSA) is 40.5 Å². The summed E-state index contributed by atoms with van der Waals surface area (Å²) < 4.78 is 0. The van der Waals surface area contributed by atoms with Crippen LogP contribution in [0.1, 0.15) is 20.3 Å². The van der Waals surface area contributed by atoms with E-state index in [2.05, 4.69) is 48.5 Å². The van der Waals surface area contributed by atoms with Crippen LogP contribution in [-0.4, -0.2) is 21.9 Å². The van der Waals surface area contributed by atoms with Crippen molar-refractivity contribution >= 4 is 37.1 Å². The van der Waals surface area contributed by atoms with Crippen LogP contribution in [0.4, 0.5) is 0 Å². The second-order valence-electron chi connectivity index (χ2n) is 8.69. The minimum atomic E-state index is -1.95. The number of hydrogen-bond acceptors (Lipinski definition) is 2. The highest BCUT2D eigenvalue weighted by Crippen LogP contribution is 2.51. The minimum absolute atomic E-state index is 0.614. The van der Waals surface area contributed by atoms with Gasteiger partial charge in [0.05, 0.1) is 0 Å². The molecule has 0 fully saturated rings. The van der Waals surface area contributed by atoms with Gasteiger partial charge in [-0.2, -0.15) is 0 Å². The molecule has 4 aromatic rings. The molecule has 4 aromatic carbocycles. The van der Waals surface area contributed by atoms with E-state index in [9.17, 15) is 10.2 Å². The Kier molecular flexibility index (Phi) is 8.66. The maximum Gasteiger partial charge on any atom is 0.213 e. The Labute approximate surface area is 211 Å². The van der Waals surface area contributed by atoms with E-state index in [4.69, 9.17) is 0 Å². The fraction of sp³-hybridized carbons (Fsp3) is 0.161. The Morgan fingerprint density at radius 3 is 1.26 bits per heavy atom. The Balaban J connectivity index is 1.70. The van der Waals surface area contributed by atoms with Gasteiger partial charge in [0.1, 0.15) is 0 Å². The van der Waals surface area contributed by atoms with E-state index in [1.54, 1.807) is 0 Å². The van der Waals surface area contributed by atoms with E-state index < -0.39 is 21.4 Å². The molecule has 0 radical (unpaired) electrons. The van der Waals surface area contributed by atoms with Crippen LogP contribution < -0.4 is 21.2 Å². The number of rotatable bonds is 9. The first kappa shape index (κ1) is 25.5. The fourth-order valence-electron chi connectivity index (χ4n) is 4.40. The van der Waals surface area contributed by atoms with Gasteiger partial charge in [0.25, 0.3) is 0 Å². The van der Waals surface area contributed by atoms with Crippen molar-refractivity contribution < 1.29 is 10.2 Å². The first-order chi connectivity index (χ1) is 17.0. The predicted molar refractivity (Wildman–Crippen MR) is 153 cm³/mol. The maximum atomic E-state index is 11.9. The monoisotopic (exact) mass is 498 g/mol. The Bertz CT molecular complexity index is 1140. The summed E-state index contributed by atoms with van der Waals surface area (Å²) in [5.41, 5.74) is -0.272. The normalized spacial score (nSPS) is 11.6. The van der Waals surface area contributed by atoms with Crippen LogP contribution in [0.2, 0.25) is 0 Å². The Hall–Kier alpha value is -2.60. The van der Waals surface area contributed by atoms with Crippen molar-refractivity contribution in [2.75, 3.05) is 6.16 Å². The second kappa shape index (κ2) is 11.9. The van der Waals surface area contributed by atoms with Gasteiger partial charge in [-0.05, 0) is 61.1 Å². The molecule has 0 heterocycles. The molecule has 178 valence electrons. The van der Waals surface area contributed by atoms with Crippen LogP contribution in [0.25, 0.3) is 0 Å². The lowest BCUT2D eigenvalue weighted by Gasteiger charge is -2.36. The van der Waals surface area contributed by atoms with Crippen molar-refractivity contribution in [1.82, 2.24) is 0 Å². The standard InChI is InChI=1S/C31H32O2P2/c1-25(2)30(23-24-34(26-15-7-3-8-16-26)27-17-9-4-10-18-27)31(32,33)35(28-19-11-5-12-20-28)29-21-13-6-14-22-29/h3-22,32-33H,23-24H2,1-2H3. The van der Waals surface area contributed by atoms with E-state index in [1.807, 2.05) is 86.6 Å². The molecule has 0 unspecified atom stereocenters. The first-order valence-electron chi connectivity index (χ1n) is 11.9. The van der Waals surface area contributed by atoms with Crippen LogP contribution in [0, 0.1) is 0 Å². The molecule has 0 spiro atoms. The first-order valence-corrected chi connectivity index (χ1v) is 14.7. The van der Waals surface area contributed by atoms with Gasteiger partial charge in [-0.25, -0.2) is 0 Å². The third-order valence-electron chi connectivity index (χ3n) is 6.07. The molecule has 2 N–H and O–H groups in total. The van der Waals surface area contributed by atoms with Crippen LogP contribution in [0.15, 0.2) is 132 Å². The molecule has 0 aliphatic rings. The zero-order chi connectivity index (χ0) is 24.7. The molecule has 0 saturated carbocycles. The molecule has 0 aliphatic heterocycles. The van der Waals surface area contributed by atoms with E-state index in [-0.39, 0.29) is 0 Å². The number of hydrogen-bond donors (Lipinski definition) is 2. The average molecular weight is 499 g/mol. The lowest BCUT2D eigenvalue weighted by molar-refractivity contribution is -0.0503. The molecule has 0 bridgehead atoms. The molecule has 0 aliphatic carbocycles. The quantitative estimate of drug-likeness (QED) is 0.179. The Morgan fingerprint density at radius 2 is 0.914 bits per heavy atom. The highest BCUT2D eigenvalue weighted by molar-refractivity contribution is 7.74. The highest BCUT2D eigenvalue weighted by atomic mass is 31.1. The summed E-state index contributed by atoms with van der Waals surface area (Å²) in [6.07, 6.45) is 1.46. The van der Waals surface area contributed by atoms with Gasteiger partial charge < -0.3 is 10.2 Å². The van der Waals surface area contributed by atoms with Gasteiger partial charge in [-0.3, -0.25) is 0 Å². The molecular formula is C31H32O2P2. The molecule has 2 nitrogen and oxygen atoms in total. The van der Waals surface area contributed by atoms with Crippen molar-refractivity contribution in [2.45, 2.75) is 25.8 Å². The van der Waals surface area contributed by atoms with E-state index in [0.29, 0.717) is 6.42 Å². The van der Waals surface area contributed by atoms with Gasteiger partial charge in [0.2, 0.25) is 5.53 Å². The van der Waals surface area contributed by atoms with Crippen molar-refractivity contribution in [3.8, 4) is 0 Å². The average Bonchev–Trinajstić information content (AvgIpc) is 2.88. The van der Waals surface area contributed by atoms with Crippen LogP contribution in [-0.2, 0) is 0 Å². The second-order valence-corrected chi connectivity index (χ2v) is 13.4. The molecule has 0 amide bonds. The summed E-state index contributed by atoms with van der Waals surface area (Å²) in [4.78, 5) is 0. The lowest BCUT2D eigenvalue weighted by atomic mass is 10.1. The summed E-state index contributed by atoms with van der Waals surface area (Å²) in [5.74, 6) is 0. The fourth-order valence-corrected chi connectivity index (χ4v) is 9.29. The SMILES string of the molecule is CC(C)=C(CCP(c1ccccc1)c1ccccc1)C(O)(O)P(c1ccccc1)c1ccccc1. The van der Waals surface area contributed by atoms with Crippen molar-refractivity contribution in [1.29, 1.82) is 0 Å². The van der Waals surface area contributed by atoms with Gasteiger partial charge in [0, 0.05) is 7.92 Å². The van der Waals surface area contributed by atoms with Gasteiger partial charge >= 0.3 is 0 Å². The molecule has 0 atom stereocenters. The molecular weight excluding hydrogens is 466 g/mol.